The fourth-order valence-electron chi connectivity index (χ4n) is 0.234. The zero-order valence-corrected chi connectivity index (χ0v) is 5.76. The molecule has 0 fully saturated rings. The molecule has 0 saturated heterocycles. The third kappa shape index (κ3) is 2.60. The van der Waals surface area contributed by atoms with Crippen molar-refractivity contribution in [3.05, 3.63) is 0 Å². The van der Waals surface area contributed by atoms with Crippen molar-refractivity contribution in [3.8, 4) is 0 Å². The highest BCUT2D eigenvalue weighted by Crippen LogP contribution is 2.35. The van der Waals surface area contributed by atoms with Gasteiger partial charge in [-0.15, -0.1) is 0 Å². The summed E-state index contributed by atoms with van der Waals surface area (Å²) in [4.78, 5) is 20.2. The Labute approximate surface area is 52.3 Å². The van der Waals surface area contributed by atoms with E-state index >= 15 is 0 Å². The second-order valence-electron chi connectivity index (χ2n) is 1.25. The van der Waals surface area contributed by atoms with E-state index in [1.54, 1.807) is 0 Å². The van der Waals surface area contributed by atoms with Crippen LogP contribution < -0.4 is 10.6 Å². The molecule has 5 nitrogen and oxygen atoms in total. The quantitative estimate of drug-likeness (QED) is 0.559. The fourth-order valence-corrected chi connectivity index (χ4v) is 0.701. The first kappa shape index (κ1) is 8.62. The van der Waals surface area contributed by atoms with Gasteiger partial charge in [0.15, 0.2) is 0 Å². The van der Waals surface area contributed by atoms with Crippen LogP contribution in [-0.2, 0) is 9.09 Å². The van der Waals surface area contributed by atoms with Gasteiger partial charge >= 0.3 is 0 Å². The van der Waals surface area contributed by atoms with E-state index in [1.165, 1.54) is 6.92 Å². The molecule has 0 bridgehead atoms. The third-order valence-electron chi connectivity index (χ3n) is 0.569. The summed E-state index contributed by atoms with van der Waals surface area (Å²) < 4.78 is 14.3. The zero-order chi connectivity index (χ0) is 7.49. The van der Waals surface area contributed by atoms with Gasteiger partial charge in [0.05, 0.1) is 6.61 Å². The van der Waals surface area contributed by atoms with Gasteiger partial charge in [0, 0.05) is 0 Å². The Hall–Kier alpha value is -0.380. The second kappa shape index (κ2) is 2.96. The van der Waals surface area contributed by atoms with Crippen molar-refractivity contribution in [3.63, 3.8) is 0 Å². The van der Waals surface area contributed by atoms with E-state index < -0.39 is 13.2 Å². The van der Waals surface area contributed by atoms with Crippen LogP contribution in [0.4, 0.5) is 4.79 Å². The molecule has 1 unspecified atom stereocenters. The lowest BCUT2D eigenvalue weighted by molar-refractivity contribution is -0.193. The molecule has 0 rings (SSSR count). The Morgan fingerprint density at radius 3 is 2.44 bits per heavy atom. The second-order valence-corrected chi connectivity index (χ2v) is 2.95. The molecule has 0 radical (unpaired) electrons. The molecular weight excluding hydrogens is 145 g/mol. The summed E-state index contributed by atoms with van der Waals surface area (Å²) in [6.45, 7) is 1.39. The summed E-state index contributed by atoms with van der Waals surface area (Å²) in [5.74, 6) is 0. The van der Waals surface area contributed by atoms with Gasteiger partial charge in [-0.25, -0.2) is 0 Å². The smallest absolute Gasteiger partial charge is 0.288 e. The molecule has 0 aromatic heterocycles. The molecule has 0 aromatic rings. The molecule has 0 aliphatic heterocycles. The number of primary amides is 1. The van der Waals surface area contributed by atoms with Crippen LogP contribution in [0.1, 0.15) is 6.92 Å². The van der Waals surface area contributed by atoms with Gasteiger partial charge in [-0.2, -0.15) is 0 Å². The first-order valence-electron chi connectivity index (χ1n) is 2.26. The summed E-state index contributed by atoms with van der Waals surface area (Å²) in [5.41, 5.74) is 2.99. The minimum Gasteiger partial charge on any atom is -0.772 e. The Kier molecular flexibility index (Phi) is 2.84. The molecule has 0 saturated carbocycles. The number of amides is 1. The Balaban J connectivity index is 4.04. The summed E-state index contributed by atoms with van der Waals surface area (Å²) in [7, 11) is -4.38. The van der Waals surface area contributed by atoms with Gasteiger partial charge in [-0.1, -0.05) is 0 Å². The van der Waals surface area contributed by atoms with E-state index in [9.17, 15) is 14.3 Å². The lowest BCUT2D eigenvalue weighted by Crippen LogP contribution is -2.19. The molecule has 0 aromatic carbocycles. The number of hydrogen-bond donors (Lipinski definition) is 1. The maximum atomic E-state index is 10.3. The van der Waals surface area contributed by atoms with Gasteiger partial charge in [-0.05, 0) is 6.92 Å². The molecule has 0 heterocycles. The van der Waals surface area contributed by atoms with Gasteiger partial charge < -0.3 is 15.2 Å². The van der Waals surface area contributed by atoms with Crippen molar-refractivity contribution in [2.45, 2.75) is 6.92 Å². The van der Waals surface area contributed by atoms with E-state index in [-0.39, 0.29) is 6.61 Å². The average Bonchev–Trinajstić information content (AvgIpc) is 1.65. The van der Waals surface area contributed by atoms with Crippen molar-refractivity contribution in [2.75, 3.05) is 6.61 Å². The topological polar surface area (TPSA) is 92.4 Å². The molecule has 0 aliphatic rings. The molecule has 1 atom stereocenters. The molecule has 9 heavy (non-hydrogen) atoms. The Morgan fingerprint density at radius 1 is 1.89 bits per heavy atom. The van der Waals surface area contributed by atoms with Crippen molar-refractivity contribution >= 4 is 13.2 Å². The minimum absolute atomic E-state index is 0.0658. The normalized spacial score (nSPS) is 16.7. The lowest BCUT2D eigenvalue weighted by Gasteiger charge is -2.16. The van der Waals surface area contributed by atoms with Gasteiger partial charge in [-0.3, -0.25) is 9.36 Å². The summed E-state index contributed by atoms with van der Waals surface area (Å²) in [6.07, 6.45) is 0. The SMILES string of the molecule is CCOP(=O)([O-])C(N)=O. The molecule has 0 aliphatic carbocycles. The summed E-state index contributed by atoms with van der Waals surface area (Å²) in [6, 6.07) is 0. The van der Waals surface area contributed by atoms with Crippen LogP contribution in [0.25, 0.3) is 0 Å². The van der Waals surface area contributed by atoms with E-state index in [1.807, 2.05) is 0 Å². The highest BCUT2D eigenvalue weighted by Gasteiger charge is 2.13. The number of rotatable bonds is 3. The van der Waals surface area contributed by atoms with Crippen LogP contribution in [0.5, 0.6) is 0 Å². The van der Waals surface area contributed by atoms with Crippen LogP contribution in [0.2, 0.25) is 0 Å². The lowest BCUT2D eigenvalue weighted by atomic mass is 10.9. The zero-order valence-electron chi connectivity index (χ0n) is 4.86. The van der Waals surface area contributed by atoms with Gasteiger partial charge in [0.2, 0.25) is 7.60 Å². The fraction of sp³-hybridized carbons (Fsp3) is 0.667. The van der Waals surface area contributed by atoms with Gasteiger partial charge in [0.25, 0.3) is 5.65 Å². The van der Waals surface area contributed by atoms with Crippen molar-refractivity contribution in [1.82, 2.24) is 0 Å². The third-order valence-corrected chi connectivity index (χ3v) is 1.71. The molecule has 2 N–H and O–H groups in total. The van der Waals surface area contributed by atoms with Crippen LogP contribution in [-0.4, -0.2) is 12.3 Å². The Morgan fingerprint density at radius 2 is 2.33 bits per heavy atom. The molecule has 6 heteroatoms. The van der Waals surface area contributed by atoms with Crippen LogP contribution in [0, 0.1) is 0 Å². The predicted molar refractivity (Wildman–Crippen MR) is 28.8 cm³/mol. The maximum Gasteiger partial charge on any atom is 0.288 e. The van der Waals surface area contributed by atoms with E-state index in [0.29, 0.717) is 0 Å². The number of nitrogens with two attached hydrogens (primary N) is 1. The van der Waals surface area contributed by atoms with Crippen molar-refractivity contribution in [2.24, 2.45) is 5.73 Å². The number of carbonyl (C=O) groups excluding carboxylic acids is 1. The van der Waals surface area contributed by atoms with E-state index in [4.69, 9.17) is 0 Å². The molecule has 1 amide bonds. The van der Waals surface area contributed by atoms with E-state index in [0.717, 1.165) is 0 Å². The predicted octanol–water partition coefficient (Wildman–Crippen LogP) is -0.345. The largest absolute Gasteiger partial charge is 0.772 e. The van der Waals surface area contributed by atoms with Crippen molar-refractivity contribution < 1.29 is 18.8 Å². The van der Waals surface area contributed by atoms with Gasteiger partial charge in [0.1, 0.15) is 0 Å². The summed E-state index contributed by atoms with van der Waals surface area (Å²) >= 11 is 0. The number of hydrogen-bond acceptors (Lipinski definition) is 4. The number of carbonyl (C=O) groups is 1. The first-order chi connectivity index (χ1) is 4.00. The molecule has 54 valence electrons. The van der Waals surface area contributed by atoms with Crippen molar-refractivity contribution in [1.29, 1.82) is 0 Å². The standard InChI is InChI=1S/C3H8NO4P/c1-2-8-9(6,7)3(4)5/h2H2,1H3,(H2,4,5)(H,6,7)/p-1. The highest BCUT2D eigenvalue weighted by atomic mass is 31.2. The monoisotopic (exact) mass is 152 g/mol. The van der Waals surface area contributed by atoms with E-state index in [2.05, 4.69) is 10.3 Å². The van der Waals surface area contributed by atoms with Crippen LogP contribution >= 0.6 is 7.60 Å². The average molecular weight is 152 g/mol. The maximum absolute atomic E-state index is 10.3. The first-order valence-corrected chi connectivity index (χ1v) is 3.80. The Bertz CT molecular complexity index is 156. The minimum atomic E-state index is -4.38. The molecular formula is C3H7NO4P-. The highest BCUT2D eigenvalue weighted by molar-refractivity contribution is 7.69. The van der Waals surface area contributed by atoms with Crippen LogP contribution in [0.3, 0.4) is 0 Å². The summed E-state index contributed by atoms with van der Waals surface area (Å²) in [5, 5.41) is 0. The van der Waals surface area contributed by atoms with Crippen LogP contribution in [0.15, 0.2) is 0 Å². The molecule has 0 spiro atoms.